The van der Waals surface area contributed by atoms with Gasteiger partial charge in [-0.3, -0.25) is 19.2 Å². The number of aliphatic carboxylic acids is 1. The molecule has 0 spiro atoms. The van der Waals surface area contributed by atoms with Crippen LogP contribution in [-0.4, -0.2) is 28.7 Å². The van der Waals surface area contributed by atoms with Crippen molar-refractivity contribution in [2.75, 3.05) is 0 Å². The van der Waals surface area contributed by atoms with E-state index < -0.39 is 35.5 Å². The number of carboxylic acid groups (broad SMARTS) is 1. The number of Topliss-reactive ketones (excluding diaryl/α,β-unsaturated/α-hetero) is 1. The summed E-state index contributed by atoms with van der Waals surface area (Å²) in [6.07, 6.45) is 1.10. The van der Waals surface area contributed by atoms with Crippen LogP contribution in [0.4, 0.5) is 0 Å². The zero-order chi connectivity index (χ0) is 17.7. The van der Waals surface area contributed by atoms with Gasteiger partial charge in [-0.05, 0) is 31.1 Å². The normalized spacial score (nSPS) is 26.0. The Labute approximate surface area is 135 Å². The highest BCUT2D eigenvalue weighted by molar-refractivity contribution is 5.88. The lowest BCUT2D eigenvalue weighted by molar-refractivity contribution is -0.150. The predicted octanol–water partition coefficient (Wildman–Crippen LogP) is 0.696. The minimum Gasteiger partial charge on any atom is -0.481 e. The number of nitrogens with two attached hydrogens (primary N) is 2. The van der Waals surface area contributed by atoms with Gasteiger partial charge in [-0.1, -0.05) is 13.8 Å². The van der Waals surface area contributed by atoms with Crippen molar-refractivity contribution in [3.05, 3.63) is 0 Å². The van der Waals surface area contributed by atoms with Crippen molar-refractivity contribution in [1.29, 1.82) is 0 Å². The molecular formula is C16H26N2O5. The Morgan fingerprint density at radius 3 is 2.09 bits per heavy atom. The van der Waals surface area contributed by atoms with Crippen LogP contribution in [0.2, 0.25) is 0 Å². The van der Waals surface area contributed by atoms with Crippen molar-refractivity contribution in [1.82, 2.24) is 0 Å². The van der Waals surface area contributed by atoms with Gasteiger partial charge in [-0.25, -0.2) is 0 Å². The van der Waals surface area contributed by atoms with E-state index in [-0.39, 0.29) is 36.9 Å². The van der Waals surface area contributed by atoms with Crippen molar-refractivity contribution in [3.8, 4) is 0 Å². The molecule has 7 nitrogen and oxygen atoms in total. The minimum absolute atomic E-state index is 0.0487. The van der Waals surface area contributed by atoms with Crippen molar-refractivity contribution < 1.29 is 24.3 Å². The summed E-state index contributed by atoms with van der Waals surface area (Å²) in [7, 11) is 0. The van der Waals surface area contributed by atoms with Gasteiger partial charge < -0.3 is 16.6 Å². The molecule has 0 saturated heterocycles. The number of carbonyl (C=O) groups excluding carboxylic acids is 3. The topological polar surface area (TPSA) is 141 Å². The number of amides is 2. The Hall–Kier alpha value is -1.92. The third-order valence-corrected chi connectivity index (χ3v) is 4.63. The molecule has 0 bridgehead atoms. The summed E-state index contributed by atoms with van der Waals surface area (Å²) in [5.74, 6) is -4.32. The SMILES string of the molecule is CC1CC(C)C(=O)C(C(CC(CC(N)=O)CC(N)=O)C(=O)O)C1. The maximum atomic E-state index is 12.4. The summed E-state index contributed by atoms with van der Waals surface area (Å²) in [4.78, 5) is 46.4. The standard InChI is InChI=1S/C16H26N2O5/c1-8-3-9(2)15(21)11(4-8)12(16(22)23)5-10(6-13(17)19)7-14(18)20/h8-12H,3-7H2,1-2H3,(H2,17,19)(H2,18,20)(H,22,23). The third kappa shape index (κ3) is 5.65. The molecule has 0 radical (unpaired) electrons. The second-order valence-corrected chi connectivity index (χ2v) is 6.87. The quantitative estimate of drug-likeness (QED) is 0.602. The summed E-state index contributed by atoms with van der Waals surface area (Å²) in [5.41, 5.74) is 10.3. The van der Waals surface area contributed by atoms with E-state index >= 15 is 0 Å². The lowest BCUT2D eigenvalue weighted by atomic mass is 9.68. The lowest BCUT2D eigenvalue weighted by Gasteiger charge is -2.34. The van der Waals surface area contributed by atoms with Gasteiger partial charge in [0, 0.05) is 24.7 Å². The smallest absolute Gasteiger partial charge is 0.307 e. The van der Waals surface area contributed by atoms with E-state index in [2.05, 4.69) is 0 Å². The molecule has 5 N–H and O–H groups in total. The first-order valence-corrected chi connectivity index (χ1v) is 7.94. The number of primary amides is 2. The zero-order valence-corrected chi connectivity index (χ0v) is 13.7. The van der Waals surface area contributed by atoms with Crippen LogP contribution in [0.1, 0.15) is 46.0 Å². The second-order valence-electron chi connectivity index (χ2n) is 6.87. The van der Waals surface area contributed by atoms with Gasteiger partial charge in [0.15, 0.2) is 0 Å². The summed E-state index contributed by atoms with van der Waals surface area (Å²) in [5, 5.41) is 9.55. The van der Waals surface area contributed by atoms with Crippen molar-refractivity contribution in [3.63, 3.8) is 0 Å². The first-order valence-electron chi connectivity index (χ1n) is 7.94. The monoisotopic (exact) mass is 326 g/mol. The Morgan fingerprint density at radius 2 is 1.65 bits per heavy atom. The largest absolute Gasteiger partial charge is 0.481 e. The molecule has 1 aliphatic carbocycles. The van der Waals surface area contributed by atoms with Crippen LogP contribution in [0.3, 0.4) is 0 Å². The highest BCUT2D eigenvalue weighted by Crippen LogP contribution is 2.37. The van der Waals surface area contributed by atoms with E-state index in [1.165, 1.54) is 0 Å². The van der Waals surface area contributed by atoms with Crippen molar-refractivity contribution in [2.45, 2.75) is 46.0 Å². The summed E-state index contributed by atoms with van der Waals surface area (Å²) in [6, 6.07) is 0. The molecule has 2 amide bonds. The summed E-state index contributed by atoms with van der Waals surface area (Å²) >= 11 is 0. The second kappa shape index (κ2) is 8.08. The molecule has 4 atom stereocenters. The molecule has 0 aromatic carbocycles. The van der Waals surface area contributed by atoms with Gasteiger partial charge in [-0.2, -0.15) is 0 Å². The fraction of sp³-hybridized carbons (Fsp3) is 0.750. The van der Waals surface area contributed by atoms with Crippen LogP contribution >= 0.6 is 0 Å². The third-order valence-electron chi connectivity index (χ3n) is 4.63. The highest BCUT2D eigenvalue weighted by Gasteiger charge is 2.41. The van der Waals surface area contributed by atoms with Crippen LogP contribution in [0.5, 0.6) is 0 Å². The lowest BCUT2D eigenvalue weighted by Crippen LogP contribution is -2.40. The summed E-state index contributed by atoms with van der Waals surface area (Å²) in [6.45, 7) is 3.81. The molecule has 0 aromatic heterocycles. The molecule has 4 unspecified atom stereocenters. The van der Waals surface area contributed by atoms with Gasteiger partial charge in [0.1, 0.15) is 5.78 Å². The van der Waals surface area contributed by atoms with Crippen LogP contribution in [0, 0.1) is 29.6 Å². The van der Waals surface area contributed by atoms with Gasteiger partial charge in [0.05, 0.1) is 5.92 Å². The Kier molecular flexibility index (Phi) is 6.72. The van der Waals surface area contributed by atoms with E-state index in [4.69, 9.17) is 11.5 Å². The number of carbonyl (C=O) groups is 4. The van der Waals surface area contributed by atoms with E-state index in [1.54, 1.807) is 0 Å². The molecule has 1 saturated carbocycles. The van der Waals surface area contributed by atoms with Crippen LogP contribution < -0.4 is 11.5 Å². The Balaban J connectivity index is 2.94. The maximum Gasteiger partial charge on any atom is 0.307 e. The van der Waals surface area contributed by atoms with Gasteiger partial charge in [0.2, 0.25) is 11.8 Å². The average molecular weight is 326 g/mol. The zero-order valence-electron chi connectivity index (χ0n) is 13.7. The van der Waals surface area contributed by atoms with Crippen LogP contribution in [-0.2, 0) is 19.2 Å². The minimum atomic E-state index is -1.08. The number of carboxylic acids is 1. The number of hydrogen-bond donors (Lipinski definition) is 3. The highest BCUT2D eigenvalue weighted by atomic mass is 16.4. The predicted molar refractivity (Wildman–Crippen MR) is 82.9 cm³/mol. The maximum absolute atomic E-state index is 12.4. The molecular weight excluding hydrogens is 300 g/mol. The number of ketones is 1. The molecule has 0 aromatic rings. The molecule has 23 heavy (non-hydrogen) atoms. The molecule has 0 aliphatic heterocycles. The van der Waals surface area contributed by atoms with Crippen LogP contribution in [0.25, 0.3) is 0 Å². The van der Waals surface area contributed by atoms with Crippen molar-refractivity contribution >= 4 is 23.6 Å². The molecule has 1 aliphatic rings. The molecule has 0 heterocycles. The summed E-state index contributed by atoms with van der Waals surface area (Å²) < 4.78 is 0. The molecule has 7 heteroatoms. The molecule has 130 valence electrons. The van der Waals surface area contributed by atoms with E-state index in [1.807, 2.05) is 13.8 Å². The molecule has 1 fully saturated rings. The van der Waals surface area contributed by atoms with Crippen LogP contribution in [0.15, 0.2) is 0 Å². The number of rotatable bonds is 8. The van der Waals surface area contributed by atoms with E-state index in [0.29, 0.717) is 6.42 Å². The Morgan fingerprint density at radius 1 is 1.13 bits per heavy atom. The fourth-order valence-corrected chi connectivity index (χ4v) is 3.70. The van der Waals surface area contributed by atoms with Gasteiger partial charge in [0.25, 0.3) is 0 Å². The molecule has 1 rings (SSSR count). The van der Waals surface area contributed by atoms with Gasteiger partial charge in [-0.15, -0.1) is 0 Å². The number of hydrogen-bond acceptors (Lipinski definition) is 4. The van der Waals surface area contributed by atoms with Gasteiger partial charge >= 0.3 is 5.97 Å². The van der Waals surface area contributed by atoms with Crippen molar-refractivity contribution in [2.24, 2.45) is 41.1 Å². The first kappa shape index (κ1) is 19.1. The van der Waals surface area contributed by atoms with E-state index in [9.17, 15) is 24.3 Å². The first-order chi connectivity index (χ1) is 10.6. The fourth-order valence-electron chi connectivity index (χ4n) is 3.70. The average Bonchev–Trinajstić information content (AvgIpc) is 2.38. The van der Waals surface area contributed by atoms with E-state index in [0.717, 1.165) is 6.42 Å². The Bertz CT molecular complexity index is 475.